The maximum Gasteiger partial charge on any atom is 0.0641 e. The Morgan fingerprint density at radius 1 is 1.40 bits per heavy atom. The van der Waals surface area contributed by atoms with Crippen LogP contribution in [-0.4, -0.2) is 15.8 Å². The zero-order valence-corrected chi connectivity index (χ0v) is 9.75. The van der Waals surface area contributed by atoms with Gasteiger partial charge in [-0.3, -0.25) is 4.68 Å². The summed E-state index contributed by atoms with van der Waals surface area (Å²) in [6, 6.07) is 0.629. The Morgan fingerprint density at radius 3 is 2.60 bits per heavy atom. The number of nitrogens with one attached hydrogen (secondary N) is 1. The Balaban J connectivity index is 1.98. The minimum atomic E-state index is 0.629. The van der Waals surface area contributed by atoms with Gasteiger partial charge in [0.15, 0.2) is 0 Å². The lowest BCUT2D eigenvalue weighted by atomic mass is 10.1. The van der Waals surface area contributed by atoms with Crippen LogP contribution in [0.5, 0.6) is 0 Å². The van der Waals surface area contributed by atoms with Crippen molar-refractivity contribution in [2.24, 2.45) is 7.05 Å². The lowest BCUT2D eigenvalue weighted by Gasteiger charge is -2.11. The molecule has 0 aromatic carbocycles. The Labute approximate surface area is 91.2 Å². The lowest BCUT2D eigenvalue weighted by molar-refractivity contribution is 0.536. The number of hydrogen-bond acceptors (Lipinski definition) is 2. The summed E-state index contributed by atoms with van der Waals surface area (Å²) >= 11 is 0. The molecular weight excluding hydrogens is 186 g/mol. The molecule has 1 N–H and O–H groups in total. The van der Waals surface area contributed by atoms with Crippen LogP contribution >= 0.6 is 0 Å². The van der Waals surface area contributed by atoms with Gasteiger partial charge in [-0.05, 0) is 26.7 Å². The highest BCUT2D eigenvalue weighted by atomic mass is 15.3. The van der Waals surface area contributed by atoms with Crippen LogP contribution in [0, 0.1) is 13.8 Å². The van der Waals surface area contributed by atoms with E-state index in [1.807, 2.05) is 11.7 Å². The average molecular weight is 205 g/mol. The van der Waals surface area contributed by atoms with E-state index in [0.717, 1.165) is 12.2 Å². The lowest BCUT2D eigenvalue weighted by Crippen LogP contribution is -2.26. The van der Waals surface area contributed by atoms with E-state index < -0.39 is 0 Å². The summed E-state index contributed by atoms with van der Waals surface area (Å²) in [4.78, 5) is 0. The van der Waals surface area contributed by atoms with Crippen molar-refractivity contribution < 1.29 is 0 Å². The van der Waals surface area contributed by atoms with Crippen molar-refractivity contribution in [2.75, 3.05) is 0 Å². The van der Waals surface area contributed by atoms with Gasteiger partial charge in [-0.2, -0.15) is 5.10 Å². The van der Waals surface area contributed by atoms with Gasteiger partial charge in [0.1, 0.15) is 0 Å². The predicted molar refractivity (Wildman–Crippen MR) is 61.7 cm³/mol. The second-order valence-corrected chi connectivity index (χ2v) is 4.29. The minimum absolute atomic E-state index is 0.629. The largest absolute Gasteiger partial charge is 0.309 e. The molecule has 0 saturated heterocycles. The highest BCUT2D eigenvalue weighted by Crippen LogP contribution is 2.14. The molecule has 2 rings (SSSR count). The van der Waals surface area contributed by atoms with Gasteiger partial charge < -0.3 is 5.32 Å². The smallest absolute Gasteiger partial charge is 0.0641 e. The van der Waals surface area contributed by atoms with E-state index in [4.69, 9.17) is 0 Å². The van der Waals surface area contributed by atoms with Crippen LogP contribution in [0.15, 0.2) is 12.2 Å². The monoisotopic (exact) mass is 205 g/mol. The predicted octanol–water partition coefficient (Wildman–Crippen LogP) is 1.85. The molecule has 1 aromatic rings. The zero-order valence-electron chi connectivity index (χ0n) is 9.75. The third kappa shape index (κ3) is 2.12. The SMILES string of the molecule is Cc1nn(C)c(C)c1CNC1CC=CC1. The molecule has 0 aliphatic heterocycles. The van der Waals surface area contributed by atoms with Gasteiger partial charge >= 0.3 is 0 Å². The molecular formula is C12H19N3. The van der Waals surface area contributed by atoms with Crippen molar-refractivity contribution in [3.8, 4) is 0 Å². The molecule has 0 saturated carbocycles. The summed E-state index contributed by atoms with van der Waals surface area (Å²) in [6.45, 7) is 5.15. The Hall–Kier alpha value is -1.09. The van der Waals surface area contributed by atoms with Gasteiger partial charge in [0.25, 0.3) is 0 Å². The molecule has 0 bridgehead atoms. The summed E-state index contributed by atoms with van der Waals surface area (Å²) in [5, 5.41) is 7.99. The number of hydrogen-bond donors (Lipinski definition) is 1. The summed E-state index contributed by atoms with van der Waals surface area (Å²) in [7, 11) is 2.00. The van der Waals surface area contributed by atoms with E-state index in [1.54, 1.807) is 0 Å². The van der Waals surface area contributed by atoms with Crippen molar-refractivity contribution in [3.05, 3.63) is 29.1 Å². The highest BCUT2D eigenvalue weighted by molar-refractivity contribution is 5.24. The van der Waals surface area contributed by atoms with Crippen LogP contribution in [0.1, 0.15) is 29.8 Å². The third-order valence-electron chi connectivity index (χ3n) is 3.23. The summed E-state index contributed by atoms with van der Waals surface area (Å²) in [5.74, 6) is 0. The third-order valence-corrected chi connectivity index (χ3v) is 3.23. The fraction of sp³-hybridized carbons (Fsp3) is 0.583. The maximum absolute atomic E-state index is 4.42. The molecule has 1 aliphatic rings. The molecule has 0 atom stereocenters. The normalized spacial score (nSPS) is 16.5. The molecule has 3 heteroatoms. The van der Waals surface area contributed by atoms with Crippen LogP contribution in [0.2, 0.25) is 0 Å². The van der Waals surface area contributed by atoms with Crippen LogP contribution in [0.3, 0.4) is 0 Å². The summed E-state index contributed by atoms with van der Waals surface area (Å²) < 4.78 is 1.96. The maximum atomic E-state index is 4.42. The van der Waals surface area contributed by atoms with Gasteiger partial charge in [0.2, 0.25) is 0 Å². The fourth-order valence-corrected chi connectivity index (χ4v) is 2.10. The van der Waals surface area contributed by atoms with Crippen LogP contribution in [-0.2, 0) is 13.6 Å². The second kappa shape index (κ2) is 4.19. The number of nitrogens with zero attached hydrogens (tertiary/aromatic N) is 2. The molecule has 1 aliphatic carbocycles. The van der Waals surface area contributed by atoms with Crippen molar-refractivity contribution >= 4 is 0 Å². The first kappa shape index (κ1) is 10.4. The van der Waals surface area contributed by atoms with Crippen molar-refractivity contribution in [1.29, 1.82) is 0 Å². The first-order chi connectivity index (χ1) is 7.18. The van der Waals surface area contributed by atoms with Crippen LogP contribution in [0.25, 0.3) is 0 Å². The number of aromatic nitrogens is 2. The van der Waals surface area contributed by atoms with Crippen molar-refractivity contribution in [1.82, 2.24) is 15.1 Å². The first-order valence-electron chi connectivity index (χ1n) is 5.56. The first-order valence-corrected chi connectivity index (χ1v) is 5.56. The quantitative estimate of drug-likeness (QED) is 0.763. The highest BCUT2D eigenvalue weighted by Gasteiger charge is 2.13. The van der Waals surface area contributed by atoms with Gasteiger partial charge in [-0.25, -0.2) is 0 Å². The number of aryl methyl sites for hydroxylation is 2. The van der Waals surface area contributed by atoms with E-state index >= 15 is 0 Å². The second-order valence-electron chi connectivity index (χ2n) is 4.29. The Kier molecular flexibility index (Phi) is 2.91. The summed E-state index contributed by atoms with van der Waals surface area (Å²) in [6.07, 6.45) is 6.83. The molecule has 0 unspecified atom stereocenters. The summed E-state index contributed by atoms with van der Waals surface area (Å²) in [5.41, 5.74) is 3.77. The standard InChI is InChI=1S/C12H19N3/c1-9-12(10(2)15(3)14-9)8-13-11-6-4-5-7-11/h4-5,11,13H,6-8H2,1-3H3. The molecule has 0 fully saturated rings. The van der Waals surface area contributed by atoms with E-state index in [2.05, 4.69) is 36.4 Å². The molecule has 3 nitrogen and oxygen atoms in total. The molecule has 15 heavy (non-hydrogen) atoms. The van der Waals surface area contributed by atoms with E-state index in [1.165, 1.54) is 24.1 Å². The van der Waals surface area contributed by atoms with E-state index in [9.17, 15) is 0 Å². The minimum Gasteiger partial charge on any atom is -0.309 e. The Morgan fingerprint density at radius 2 is 2.07 bits per heavy atom. The Bertz CT molecular complexity index is 368. The van der Waals surface area contributed by atoms with Gasteiger partial charge in [-0.15, -0.1) is 0 Å². The molecule has 82 valence electrons. The molecule has 1 heterocycles. The van der Waals surface area contributed by atoms with Crippen molar-refractivity contribution in [2.45, 2.75) is 39.3 Å². The van der Waals surface area contributed by atoms with Gasteiger partial charge in [-0.1, -0.05) is 12.2 Å². The molecule has 0 amide bonds. The average Bonchev–Trinajstić information content (AvgIpc) is 2.76. The fourth-order valence-electron chi connectivity index (χ4n) is 2.10. The van der Waals surface area contributed by atoms with Crippen LogP contribution in [0.4, 0.5) is 0 Å². The van der Waals surface area contributed by atoms with Crippen molar-refractivity contribution in [3.63, 3.8) is 0 Å². The topological polar surface area (TPSA) is 29.9 Å². The number of rotatable bonds is 3. The zero-order chi connectivity index (χ0) is 10.8. The molecule has 1 aromatic heterocycles. The van der Waals surface area contributed by atoms with Crippen LogP contribution < -0.4 is 5.32 Å². The van der Waals surface area contributed by atoms with E-state index in [0.29, 0.717) is 6.04 Å². The molecule has 0 spiro atoms. The van der Waals surface area contributed by atoms with E-state index in [-0.39, 0.29) is 0 Å². The van der Waals surface area contributed by atoms with Gasteiger partial charge in [0.05, 0.1) is 5.69 Å². The molecule has 0 radical (unpaired) electrons. The van der Waals surface area contributed by atoms with Gasteiger partial charge in [0, 0.05) is 30.9 Å².